The van der Waals surface area contributed by atoms with Crippen molar-refractivity contribution < 1.29 is 5.11 Å². The minimum Gasteiger partial charge on any atom is -0.388 e. The maximum absolute atomic E-state index is 10.5. The van der Waals surface area contributed by atoms with Crippen molar-refractivity contribution in [3.8, 4) is 0 Å². The Morgan fingerprint density at radius 2 is 2.40 bits per heavy atom. The van der Waals surface area contributed by atoms with Gasteiger partial charge in [0.15, 0.2) is 4.96 Å². The molecule has 0 saturated carbocycles. The van der Waals surface area contributed by atoms with Crippen molar-refractivity contribution in [1.82, 2.24) is 9.38 Å². The predicted octanol–water partition coefficient (Wildman–Crippen LogP) is 2.64. The quantitative estimate of drug-likeness (QED) is 0.778. The Morgan fingerprint density at radius 1 is 1.45 bits per heavy atom. The first kappa shape index (κ1) is 11.9. The summed E-state index contributed by atoms with van der Waals surface area (Å²) in [5.74, 6) is 0. The van der Waals surface area contributed by atoms with Gasteiger partial charge in [0.1, 0.15) is 0 Å². The Kier molecular flexibility index (Phi) is 2.75. The van der Waals surface area contributed by atoms with Crippen LogP contribution in [0.4, 0.5) is 5.69 Å². The van der Waals surface area contributed by atoms with Gasteiger partial charge in [0.2, 0.25) is 0 Å². The zero-order chi connectivity index (χ0) is 13.5. The molecule has 2 aromatic heterocycles. The van der Waals surface area contributed by atoms with Crippen molar-refractivity contribution in [2.75, 3.05) is 11.9 Å². The molecule has 4 nitrogen and oxygen atoms in total. The van der Waals surface area contributed by atoms with Gasteiger partial charge in [-0.3, -0.25) is 4.40 Å². The summed E-state index contributed by atoms with van der Waals surface area (Å²) in [6, 6.07) is 6.15. The van der Waals surface area contributed by atoms with Crippen molar-refractivity contribution >= 4 is 22.0 Å². The number of aromatic nitrogens is 2. The maximum atomic E-state index is 10.5. The van der Waals surface area contributed by atoms with Crippen LogP contribution in [-0.4, -0.2) is 21.0 Å². The fraction of sp³-hybridized carbons (Fsp3) is 0.267. The highest BCUT2D eigenvalue weighted by Crippen LogP contribution is 2.32. The molecule has 4 rings (SSSR count). The Morgan fingerprint density at radius 3 is 3.30 bits per heavy atom. The van der Waals surface area contributed by atoms with E-state index in [9.17, 15) is 5.11 Å². The second-order valence-electron chi connectivity index (χ2n) is 5.10. The standard InChI is InChI=1S/C15H15N3OS/c19-13(8-11-9-18-6-7-20-15(18)17-11)12-3-1-2-10-4-5-16-14(10)12/h1-3,6-7,9,13,16,19H,4-5,8H2. The molecule has 1 aliphatic heterocycles. The summed E-state index contributed by atoms with van der Waals surface area (Å²) in [6.07, 6.45) is 5.05. The molecule has 0 radical (unpaired) electrons. The average molecular weight is 285 g/mol. The average Bonchev–Trinajstić information content (AvgIpc) is 3.11. The van der Waals surface area contributed by atoms with Crippen LogP contribution in [0, 0.1) is 0 Å². The summed E-state index contributed by atoms with van der Waals surface area (Å²) in [7, 11) is 0. The number of nitrogens with zero attached hydrogens (tertiary/aromatic N) is 2. The van der Waals surface area contributed by atoms with Crippen molar-refractivity contribution in [1.29, 1.82) is 0 Å². The molecule has 0 saturated heterocycles. The summed E-state index contributed by atoms with van der Waals surface area (Å²) in [6.45, 7) is 0.958. The number of para-hydroxylation sites is 1. The number of anilines is 1. The predicted molar refractivity (Wildman–Crippen MR) is 80.4 cm³/mol. The van der Waals surface area contributed by atoms with E-state index in [-0.39, 0.29) is 0 Å². The smallest absolute Gasteiger partial charge is 0.193 e. The monoisotopic (exact) mass is 285 g/mol. The van der Waals surface area contributed by atoms with Gasteiger partial charge >= 0.3 is 0 Å². The molecule has 1 atom stereocenters. The van der Waals surface area contributed by atoms with Crippen LogP contribution in [0.2, 0.25) is 0 Å². The number of aliphatic hydroxyl groups is 1. The molecule has 5 heteroatoms. The van der Waals surface area contributed by atoms with Crippen molar-refractivity contribution in [2.45, 2.75) is 18.9 Å². The molecule has 102 valence electrons. The van der Waals surface area contributed by atoms with Crippen molar-refractivity contribution in [2.24, 2.45) is 0 Å². The SMILES string of the molecule is OC(Cc1cn2ccsc2n1)c1cccc2c1NCC2. The fourth-order valence-electron chi connectivity index (χ4n) is 2.83. The molecule has 0 fully saturated rings. The largest absolute Gasteiger partial charge is 0.388 e. The zero-order valence-corrected chi connectivity index (χ0v) is 11.7. The lowest BCUT2D eigenvalue weighted by Crippen LogP contribution is -2.05. The lowest BCUT2D eigenvalue weighted by molar-refractivity contribution is 0.178. The first-order chi connectivity index (χ1) is 9.81. The van der Waals surface area contributed by atoms with Crippen molar-refractivity contribution in [3.63, 3.8) is 0 Å². The molecular weight excluding hydrogens is 270 g/mol. The number of hydrogen-bond donors (Lipinski definition) is 2. The highest BCUT2D eigenvalue weighted by molar-refractivity contribution is 7.15. The van der Waals surface area contributed by atoms with Gasteiger partial charge in [-0.1, -0.05) is 18.2 Å². The van der Waals surface area contributed by atoms with Crippen LogP contribution in [0.15, 0.2) is 36.0 Å². The summed E-state index contributed by atoms with van der Waals surface area (Å²) >= 11 is 1.61. The molecule has 3 aromatic rings. The van der Waals surface area contributed by atoms with Gasteiger partial charge in [0, 0.05) is 42.0 Å². The number of nitrogens with one attached hydrogen (secondary N) is 1. The van der Waals surface area contributed by atoms with Crippen LogP contribution in [0.1, 0.15) is 22.9 Å². The van der Waals surface area contributed by atoms with E-state index >= 15 is 0 Å². The summed E-state index contributed by atoms with van der Waals surface area (Å²) < 4.78 is 2.00. The number of thiazole rings is 1. The second kappa shape index (κ2) is 4.61. The minimum absolute atomic E-state index is 0.514. The normalized spacial score (nSPS) is 15.2. The molecule has 0 spiro atoms. The van der Waals surface area contributed by atoms with Crippen LogP contribution < -0.4 is 5.32 Å². The molecule has 0 aliphatic carbocycles. The summed E-state index contributed by atoms with van der Waals surface area (Å²) in [5, 5.41) is 15.9. The van der Waals surface area contributed by atoms with E-state index in [0.717, 1.165) is 34.9 Å². The van der Waals surface area contributed by atoms with Crippen molar-refractivity contribution in [3.05, 3.63) is 52.8 Å². The Bertz CT molecular complexity index is 733. The van der Waals surface area contributed by atoms with Gasteiger partial charge in [0.25, 0.3) is 0 Å². The number of fused-ring (bicyclic) bond motifs is 2. The van der Waals surface area contributed by atoms with Gasteiger partial charge < -0.3 is 10.4 Å². The molecular formula is C15H15N3OS. The third-order valence-corrected chi connectivity index (χ3v) is 4.55. The molecule has 0 bridgehead atoms. The first-order valence-electron chi connectivity index (χ1n) is 6.76. The Balaban J connectivity index is 1.63. The lowest BCUT2D eigenvalue weighted by Gasteiger charge is -2.14. The number of benzene rings is 1. The van der Waals surface area contributed by atoms with E-state index in [2.05, 4.69) is 16.4 Å². The molecule has 2 N–H and O–H groups in total. The van der Waals surface area contributed by atoms with Crippen LogP contribution in [0.5, 0.6) is 0 Å². The molecule has 1 aliphatic rings. The van der Waals surface area contributed by atoms with Crippen LogP contribution >= 0.6 is 11.3 Å². The van der Waals surface area contributed by atoms with E-state index < -0.39 is 6.10 Å². The third kappa shape index (κ3) is 1.90. The van der Waals surface area contributed by atoms with Crippen LogP contribution in [0.25, 0.3) is 4.96 Å². The van der Waals surface area contributed by atoms with Gasteiger partial charge in [-0.25, -0.2) is 4.98 Å². The Hall–Kier alpha value is -1.85. The minimum atomic E-state index is -0.514. The third-order valence-electron chi connectivity index (χ3n) is 3.78. The van der Waals surface area contributed by atoms with E-state index in [1.807, 2.05) is 34.3 Å². The van der Waals surface area contributed by atoms with Gasteiger partial charge in [-0.2, -0.15) is 0 Å². The molecule has 1 aromatic carbocycles. The van der Waals surface area contributed by atoms with E-state index in [1.165, 1.54) is 5.56 Å². The highest BCUT2D eigenvalue weighted by atomic mass is 32.1. The zero-order valence-electron chi connectivity index (χ0n) is 10.9. The van der Waals surface area contributed by atoms with Crippen LogP contribution in [-0.2, 0) is 12.8 Å². The van der Waals surface area contributed by atoms with E-state index in [1.54, 1.807) is 11.3 Å². The van der Waals surface area contributed by atoms with E-state index in [4.69, 9.17) is 0 Å². The van der Waals surface area contributed by atoms with Gasteiger partial charge in [-0.15, -0.1) is 11.3 Å². The topological polar surface area (TPSA) is 49.6 Å². The fourth-order valence-corrected chi connectivity index (χ4v) is 3.55. The lowest BCUT2D eigenvalue weighted by atomic mass is 10.0. The van der Waals surface area contributed by atoms with Gasteiger partial charge in [0.05, 0.1) is 11.8 Å². The second-order valence-corrected chi connectivity index (χ2v) is 5.98. The first-order valence-corrected chi connectivity index (χ1v) is 7.64. The van der Waals surface area contributed by atoms with Crippen LogP contribution in [0.3, 0.4) is 0 Å². The highest BCUT2D eigenvalue weighted by Gasteiger charge is 2.20. The number of imidazole rings is 1. The molecule has 1 unspecified atom stereocenters. The number of rotatable bonds is 3. The van der Waals surface area contributed by atoms with Gasteiger partial charge in [-0.05, 0) is 12.0 Å². The summed E-state index contributed by atoms with van der Waals surface area (Å²) in [5.41, 5.74) is 4.32. The molecule has 0 amide bonds. The summed E-state index contributed by atoms with van der Waals surface area (Å²) in [4.78, 5) is 5.51. The number of hydrogen-bond acceptors (Lipinski definition) is 4. The van der Waals surface area contributed by atoms with E-state index in [0.29, 0.717) is 6.42 Å². The Labute approximate surface area is 120 Å². The molecule has 20 heavy (non-hydrogen) atoms. The molecule has 3 heterocycles. The number of aliphatic hydroxyl groups excluding tert-OH is 1. The maximum Gasteiger partial charge on any atom is 0.193 e.